The average Bonchev–Trinajstić information content (AvgIpc) is 2.53. The van der Waals surface area contributed by atoms with Crippen LogP contribution >= 0.6 is 0 Å². The van der Waals surface area contributed by atoms with Crippen LogP contribution < -0.4 is 0 Å². The van der Waals surface area contributed by atoms with Crippen LogP contribution in [0.4, 0.5) is 5.69 Å². The van der Waals surface area contributed by atoms with Crippen LogP contribution in [0, 0.1) is 23.0 Å². The standard InChI is InChI=1S/C17H25N3O3/c1-13-12-15(20(22)23)4-5-16(13)17(21)19(3)11-8-14-6-9-18(2)10-7-14/h4-5,12,14H,6-11H2,1-3H3. The molecule has 1 aromatic carbocycles. The highest BCUT2D eigenvalue weighted by Crippen LogP contribution is 2.21. The highest BCUT2D eigenvalue weighted by molar-refractivity contribution is 5.95. The monoisotopic (exact) mass is 319 g/mol. The summed E-state index contributed by atoms with van der Waals surface area (Å²) in [5.41, 5.74) is 1.21. The first-order chi connectivity index (χ1) is 10.9. The zero-order valence-electron chi connectivity index (χ0n) is 14.1. The lowest BCUT2D eigenvalue weighted by Crippen LogP contribution is -2.33. The van der Waals surface area contributed by atoms with Gasteiger partial charge >= 0.3 is 0 Å². The number of likely N-dealkylation sites (tertiary alicyclic amines) is 1. The summed E-state index contributed by atoms with van der Waals surface area (Å²) in [6.07, 6.45) is 3.40. The van der Waals surface area contributed by atoms with Gasteiger partial charge in [-0.05, 0) is 63.9 Å². The van der Waals surface area contributed by atoms with E-state index in [-0.39, 0.29) is 11.6 Å². The summed E-state index contributed by atoms with van der Waals surface area (Å²) in [5.74, 6) is 0.615. The van der Waals surface area contributed by atoms with Gasteiger partial charge in [0.25, 0.3) is 11.6 Å². The molecular weight excluding hydrogens is 294 g/mol. The van der Waals surface area contributed by atoms with Gasteiger partial charge in [0.1, 0.15) is 0 Å². The van der Waals surface area contributed by atoms with Crippen LogP contribution in [0.1, 0.15) is 35.2 Å². The van der Waals surface area contributed by atoms with Gasteiger partial charge in [-0.1, -0.05) is 0 Å². The van der Waals surface area contributed by atoms with Crippen molar-refractivity contribution in [2.45, 2.75) is 26.2 Å². The molecule has 1 aliphatic heterocycles. The van der Waals surface area contributed by atoms with Crippen molar-refractivity contribution in [2.24, 2.45) is 5.92 Å². The molecule has 6 heteroatoms. The van der Waals surface area contributed by atoms with Crippen molar-refractivity contribution in [2.75, 3.05) is 33.7 Å². The Morgan fingerprint density at radius 1 is 1.39 bits per heavy atom. The number of rotatable bonds is 5. The summed E-state index contributed by atoms with van der Waals surface area (Å²) in [7, 11) is 3.95. The van der Waals surface area contributed by atoms with E-state index in [1.807, 2.05) is 0 Å². The van der Waals surface area contributed by atoms with Gasteiger partial charge < -0.3 is 9.80 Å². The molecule has 0 unspecified atom stereocenters. The number of aryl methyl sites for hydroxylation is 1. The third kappa shape index (κ3) is 4.51. The summed E-state index contributed by atoms with van der Waals surface area (Å²) < 4.78 is 0. The maximum absolute atomic E-state index is 12.5. The van der Waals surface area contributed by atoms with Crippen molar-refractivity contribution in [3.05, 3.63) is 39.4 Å². The first kappa shape index (κ1) is 17.4. The molecule has 0 bridgehead atoms. The molecule has 0 N–H and O–H groups in total. The Morgan fingerprint density at radius 3 is 2.61 bits per heavy atom. The lowest BCUT2D eigenvalue weighted by molar-refractivity contribution is -0.384. The summed E-state index contributed by atoms with van der Waals surface area (Å²) in [4.78, 5) is 26.9. The zero-order chi connectivity index (χ0) is 17.0. The molecule has 1 amide bonds. The number of piperidine rings is 1. The number of non-ortho nitro benzene ring substituents is 1. The predicted molar refractivity (Wildman–Crippen MR) is 89.6 cm³/mol. The molecule has 1 fully saturated rings. The first-order valence-corrected chi connectivity index (χ1v) is 8.07. The van der Waals surface area contributed by atoms with Crippen molar-refractivity contribution in [3.63, 3.8) is 0 Å². The van der Waals surface area contributed by atoms with Crippen molar-refractivity contribution >= 4 is 11.6 Å². The average molecular weight is 319 g/mol. The minimum absolute atomic E-state index is 0.0213. The van der Waals surface area contributed by atoms with E-state index >= 15 is 0 Å². The Labute approximate surface area is 137 Å². The Kier molecular flexibility index (Phi) is 5.71. The van der Waals surface area contributed by atoms with Gasteiger partial charge in [0.15, 0.2) is 0 Å². The molecule has 1 aliphatic rings. The molecule has 126 valence electrons. The molecule has 1 heterocycles. The van der Waals surface area contributed by atoms with Gasteiger partial charge in [-0.15, -0.1) is 0 Å². The second-order valence-electron chi connectivity index (χ2n) is 6.52. The second-order valence-corrected chi connectivity index (χ2v) is 6.52. The topological polar surface area (TPSA) is 66.7 Å². The SMILES string of the molecule is Cc1cc([N+](=O)[O-])ccc1C(=O)N(C)CCC1CCN(C)CC1. The van der Waals surface area contributed by atoms with Gasteiger partial charge in [0.2, 0.25) is 0 Å². The maximum Gasteiger partial charge on any atom is 0.269 e. The smallest absolute Gasteiger partial charge is 0.269 e. The van der Waals surface area contributed by atoms with E-state index in [1.165, 1.54) is 25.0 Å². The number of nitro groups is 1. The Morgan fingerprint density at radius 2 is 2.04 bits per heavy atom. The minimum Gasteiger partial charge on any atom is -0.342 e. The van der Waals surface area contributed by atoms with Gasteiger partial charge in [0, 0.05) is 31.3 Å². The fourth-order valence-electron chi connectivity index (χ4n) is 3.04. The number of nitrogens with zero attached hydrogens (tertiary/aromatic N) is 3. The van der Waals surface area contributed by atoms with Crippen molar-refractivity contribution < 1.29 is 9.72 Å². The highest BCUT2D eigenvalue weighted by Gasteiger charge is 2.20. The highest BCUT2D eigenvalue weighted by atomic mass is 16.6. The third-order valence-electron chi connectivity index (χ3n) is 4.71. The number of hydrogen-bond acceptors (Lipinski definition) is 4. The van der Waals surface area contributed by atoms with Crippen LogP contribution in [0.2, 0.25) is 0 Å². The molecule has 0 spiro atoms. The molecule has 0 radical (unpaired) electrons. The molecule has 1 aromatic rings. The second kappa shape index (κ2) is 7.55. The van der Waals surface area contributed by atoms with Gasteiger partial charge in [-0.25, -0.2) is 0 Å². The van der Waals surface area contributed by atoms with Crippen molar-refractivity contribution in [1.82, 2.24) is 9.80 Å². The minimum atomic E-state index is -0.439. The van der Waals surface area contributed by atoms with E-state index in [0.29, 0.717) is 17.0 Å². The van der Waals surface area contributed by atoms with Crippen LogP contribution in [-0.2, 0) is 0 Å². The molecule has 23 heavy (non-hydrogen) atoms. The summed E-state index contributed by atoms with van der Waals surface area (Å²) >= 11 is 0. The molecule has 2 rings (SSSR count). The maximum atomic E-state index is 12.5. The van der Waals surface area contributed by atoms with Crippen molar-refractivity contribution in [3.8, 4) is 0 Å². The van der Waals surface area contributed by atoms with Gasteiger partial charge in [0.05, 0.1) is 4.92 Å². The Hall–Kier alpha value is -1.95. The van der Waals surface area contributed by atoms with E-state index in [0.717, 1.165) is 26.1 Å². The molecule has 0 saturated carbocycles. The Bertz CT molecular complexity index is 580. The predicted octanol–water partition coefficient (Wildman–Crippen LogP) is 2.71. The van der Waals surface area contributed by atoms with Crippen LogP contribution in [0.3, 0.4) is 0 Å². The van der Waals surface area contributed by atoms with Crippen LogP contribution in [-0.4, -0.2) is 54.4 Å². The van der Waals surface area contributed by atoms with E-state index in [2.05, 4.69) is 11.9 Å². The molecule has 1 saturated heterocycles. The number of nitro benzene ring substituents is 1. The fraction of sp³-hybridized carbons (Fsp3) is 0.588. The normalized spacial score (nSPS) is 16.3. The molecule has 6 nitrogen and oxygen atoms in total. The zero-order valence-corrected chi connectivity index (χ0v) is 14.1. The molecular formula is C17H25N3O3. The van der Waals surface area contributed by atoms with E-state index in [4.69, 9.17) is 0 Å². The van der Waals surface area contributed by atoms with E-state index in [1.54, 1.807) is 24.9 Å². The number of carbonyl (C=O) groups is 1. The number of hydrogen-bond donors (Lipinski definition) is 0. The Balaban J connectivity index is 1.93. The van der Waals surface area contributed by atoms with Crippen LogP contribution in [0.25, 0.3) is 0 Å². The largest absolute Gasteiger partial charge is 0.342 e. The lowest BCUT2D eigenvalue weighted by atomic mass is 9.93. The summed E-state index contributed by atoms with van der Waals surface area (Å²) in [6.45, 7) is 4.72. The van der Waals surface area contributed by atoms with Gasteiger partial charge in [-0.3, -0.25) is 14.9 Å². The van der Waals surface area contributed by atoms with Crippen LogP contribution in [0.15, 0.2) is 18.2 Å². The number of amides is 1. The number of carbonyl (C=O) groups excluding carboxylic acids is 1. The fourth-order valence-corrected chi connectivity index (χ4v) is 3.04. The quantitative estimate of drug-likeness (QED) is 0.618. The molecule has 0 aliphatic carbocycles. The molecule has 0 aromatic heterocycles. The van der Waals surface area contributed by atoms with E-state index < -0.39 is 4.92 Å². The first-order valence-electron chi connectivity index (χ1n) is 8.07. The summed E-state index contributed by atoms with van der Waals surface area (Å²) in [6, 6.07) is 4.41. The van der Waals surface area contributed by atoms with Crippen LogP contribution in [0.5, 0.6) is 0 Å². The van der Waals surface area contributed by atoms with Crippen molar-refractivity contribution in [1.29, 1.82) is 0 Å². The summed E-state index contributed by atoms with van der Waals surface area (Å²) in [5, 5.41) is 10.8. The number of benzene rings is 1. The van der Waals surface area contributed by atoms with Gasteiger partial charge in [-0.2, -0.15) is 0 Å². The lowest BCUT2D eigenvalue weighted by Gasteiger charge is -2.30. The van der Waals surface area contributed by atoms with E-state index in [9.17, 15) is 14.9 Å². The molecule has 0 atom stereocenters. The third-order valence-corrected chi connectivity index (χ3v) is 4.71.